The maximum absolute atomic E-state index is 12.8. The zero-order valence-corrected chi connectivity index (χ0v) is 16.9. The molecule has 1 aromatic heterocycles. The third kappa shape index (κ3) is 4.32. The number of rotatable bonds is 6. The molecule has 2 heterocycles. The van der Waals surface area contributed by atoms with Gasteiger partial charge in [0.05, 0.1) is 18.3 Å². The van der Waals surface area contributed by atoms with Crippen molar-refractivity contribution in [2.45, 2.75) is 28.7 Å². The quantitative estimate of drug-likeness (QED) is 0.646. The lowest BCUT2D eigenvalue weighted by Crippen LogP contribution is -2.33. The Morgan fingerprint density at radius 2 is 1.86 bits per heavy atom. The minimum atomic E-state index is 0.0437. The number of aryl methyl sites for hydroxylation is 1. The van der Waals surface area contributed by atoms with E-state index in [2.05, 4.69) is 58.4 Å². The summed E-state index contributed by atoms with van der Waals surface area (Å²) in [5.74, 6) is 0.0437. The molecule has 1 saturated heterocycles. The molecule has 1 amide bonds. The second-order valence-electron chi connectivity index (χ2n) is 7.13. The molecule has 4 rings (SSSR count). The van der Waals surface area contributed by atoms with E-state index in [0.717, 1.165) is 34.9 Å². The Hall–Kier alpha value is -2.50. The fourth-order valence-corrected chi connectivity index (χ4v) is 4.74. The number of nitrogens with one attached hydrogen (secondary N) is 1. The summed E-state index contributed by atoms with van der Waals surface area (Å²) in [6.07, 6.45) is 4.30. The van der Waals surface area contributed by atoms with Gasteiger partial charge in [0.1, 0.15) is 0 Å². The Labute approximate surface area is 170 Å². The SMILES string of the molecule is Cn1cccc1C1CCCN1CC(=O)Nc1ccccc1Sc1ccccc1. The third-order valence-corrected chi connectivity index (χ3v) is 6.25. The molecule has 5 heteroatoms. The molecule has 28 heavy (non-hydrogen) atoms. The van der Waals surface area contributed by atoms with Crippen molar-refractivity contribution >= 4 is 23.4 Å². The van der Waals surface area contributed by atoms with Gasteiger partial charge in [0.25, 0.3) is 0 Å². The number of hydrogen-bond donors (Lipinski definition) is 1. The fourth-order valence-electron chi connectivity index (χ4n) is 3.82. The molecule has 1 aliphatic heterocycles. The van der Waals surface area contributed by atoms with E-state index in [1.54, 1.807) is 11.8 Å². The van der Waals surface area contributed by atoms with Crippen LogP contribution in [0.4, 0.5) is 5.69 Å². The first-order chi connectivity index (χ1) is 13.7. The van der Waals surface area contributed by atoms with Crippen LogP contribution in [0.5, 0.6) is 0 Å². The van der Waals surface area contributed by atoms with E-state index in [-0.39, 0.29) is 5.91 Å². The normalized spacial score (nSPS) is 17.0. The van der Waals surface area contributed by atoms with Crippen LogP contribution in [0, 0.1) is 0 Å². The molecule has 144 valence electrons. The molecule has 0 saturated carbocycles. The smallest absolute Gasteiger partial charge is 0.238 e. The van der Waals surface area contributed by atoms with Gasteiger partial charge < -0.3 is 9.88 Å². The molecule has 1 atom stereocenters. The number of aromatic nitrogens is 1. The van der Waals surface area contributed by atoms with Gasteiger partial charge in [-0.15, -0.1) is 0 Å². The monoisotopic (exact) mass is 391 g/mol. The van der Waals surface area contributed by atoms with Crippen LogP contribution in [-0.2, 0) is 11.8 Å². The zero-order chi connectivity index (χ0) is 19.3. The highest BCUT2D eigenvalue weighted by molar-refractivity contribution is 7.99. The number of para-hydroxylation sites is 1. The first kappa shape index (κ1) is 18.8. The Morgan fingerprint density at radius 1 is 1.07 bits per heavy atom. The first-order valence-corrected chi connectivity index (χ1v) is 10.5. The molecule has 0 spiro atoms. The highest BCUT2D eigenvalue weighted by Crippen LogP contribution is 2.34. The lowest BCUT2D eigenvalue weighted by molar-refractivity contribution is -0.117. The Kier molecular flexibility index (Phi) is 5.84. The number of hydrogen-bond acceptors (Lipinski definition) is 3. The van der Waals surface area contributed by atoms with Crippen LogP contribution in [-0.4, -0.2) is 28.5 Å². The number of carbonyl (C=O) groups is 1. The summed E-state index contributed by atoms with van der Waals surface area (Å²) < 4.78 is 2.16. The largest absolute Gasteiger partial charge is 0.353 e. The summed E-state index contributed by atoms with van der Waals surface area (Å²) in [5, 5.41) is 3.13. The standard InChI is InChI=1S/C23H25N3OS/c1-25-15-7-12-20(25)21-13-8-16-26(21)17-23(27)24-19-11-5-6-14-22(19)28-18-9-3-2-4-10-18/h2-7,9-12,14-15,21H,8,13,16-17H2,1H3,(H,24,27). The van der Waals surface area contributed by atoms with E-state index in [1.807, 2.05) is 36.4 Å². The molecular formula is C23H25N3OS. The maximum Gasteiger partial charge on any atom is 0.238 e. The molecule has 1 fully saturated rings. The van der Waals surface area contributed by atoms with E-state index >= 15 is 0 Å². The van der Waals surface area contributed by atoms with Crippen LogP contribution in [0.3, 0.4) is 0 Å². The Balaban J connectivity index is 1.43. The topological polar surface area (TPSA) is 37.3 Å². The Morgan fingerprint density at radius 3 is 2.64 bits per heavy atom. The maximum atomic E-state index is 12.8. The van der Waals surface area contributed by atoms with E-state index < -0.39 is 0 Å². The molecule has 0 aliphatic carbocycles. The van der Waals surface area contributed by atoms with E-state index in [9.17, 15) is 4.79 Å². The summed E-state index contributed by atoms with van der Waals surface area (Å²) in [4.78, 5) is 17.3. The lowest BCUT2D eigenvalue weighted by atomic mass is 10.1. The van der Waals surface area contributed by atoms with Crippen LogP contribution < -0.4 is 5.32 Å². The van der Waals surface area contributed by atoms with Crippen LogP contribution in [0.25, 0.3) is 0 Å². The minimum Gasteiger partial charge on any atom is -0.353 e. The molecule has 0 radical (unpaired) electrons. The Bertz CT molecular complexity index is 938. The van der Waals surface area contributed by atoms with Gasteiger partial charge in [-0.05, 0) is 55.8 Å². The fraction of sp³-hybridized carbons (Fsp3) is 0.261. The zero-order valence-electron chi connectivity index (χ0n) is 16.0. The van der Waals surface area contributed by atoms with Crippen molar-refractivity contribution in [3.63, 3.8) is 0 Å². The molecule has 4 nitrogen and oxygen atoms in total. The average Bonchev–Trinajstić information content (AvgIpc) is 3.32. The van der Waals surface area contributed by atoms with Crippen molar-refractivity contribution in [2.75, 3.05) is 18.4 Å². The van der Waals surface area contributed by atoms with E-state index in [4.69, 9.17) is 0 Å². The summed E-state index contributed by atoms with van der Waals surface area (Å²) in [6.45, 7) is 1.38. The van der Waals surface area contributed by atoms with Gasteiger partial charge in [-0.25, -0.2) is 0 Å². The van der Waals surface area contributed by atoms with E-state index in [0.29, 0.717) is 12.6 Å². The number of carbonyl (C=O) groups excluding carboxylic acids is 1. The molecular weight excluding hydrogens is 366 g/mol. The molecule has 1 aliphatic rings. The molecule has 1 unspecified atom stereocenters. The second kappa shape index (κ2) is 8.67. The highest BCUT2D eigenvalue weighted by atomic mass is 32.2. The summed E-state index contributed by atoms with van der Waals surface area (Å²) >= 11 is 1.67. The van der Waals surface area contributed by atoms with Crippen molar-refractivity contribution < 1.29 is 4.79 Å². The number of likely N-dealkylation sites (tertiary alicyclic amines) is 1. The predicted octanol–water partition coefficient (Wildman–Crippen LogP) is 4.95. The molecule has 1 N–H and O–H groups in total. The predicted molar refractivity (Wildman–Crippen MR) is 115 cm³/mol. The van der Waals surface area contributed by atoms with Crippen LogP contribution >= 0.6 is 11.8 Å². The molecule has 3 aromatic rings. The summed E-state index contributed by atoms with van der Waals surface area (Å²) in [6, 6.07) is 22.8. The van der Waals surface area contributed by atoms with Gasteiger partial charge in [-0.1, -0.05) is 42.1 Å². The number of amides is 1. The van der Waals surface area contributed by atoms with Crippen molar-refractivity contribution in [2.24, 2.45) is 7.05 Å². The summed E-state index contributed by atoms with van der Waals surface area (Å²) in [5.41, 5.74) is 2.15. The third-order valence-electron chi connectivity index (χ3n) is 5.17. The van der Waals surface area contributed by atoms with Gasteiger partial charge in [-0.2, -0.15) is 0 Å². The van der Waals surface area contributed by atoms with Gasteiger partial charge in [0.2, 0.25) is 5.91 Å². The van der Waals surface area contributed by atoms with Gasteiger partial charge >= 0.3 is 0 Å². The van der Waals surface area contributed by atoms with Crippen LogP contribution in [0.2, 0.25) is 0 Å². The lowest BCUT2D eigenvalue weighted by Gasteiger charge is -2.24. The highest BCUT2D eigenvalue weighted by Gasteiger charge is 2.29. The van der Waals surface area contributed by atoms with Crippen LogP contribution in [0.15, 0.2) is 82.7 Å². The van der Waals surface area contributed by atoms with Gasteiger partial charge in [-0.3, -0.25) is 9.69 Å². The van der Waals surface area contributed by atoms with Crippen molar-refractivity contribution in [1.29, 1.82) is 0 Å². The van der Waals surface area contributed by atoms with Crippen molar-refractivity contribution in [3.8, 4) is 0 Å². The average molecular weight is 392 g/mol. The van der Waals surface area contributed by atoms with E-state index in [1.165, 1.54) is 5.69 Å². The summed E-state index contributed by atoms with van der Waals surface area (Å²) in [7, 11) is 2.07. The number of benzene rings is 2. The van der Waals surface area contributed by atoms with Crippen molar-refractivity contribution in [1.82, 2.24) is 9.47 Å². The second-order valence-corrected chi connectivity index (χ2v) is 8.25. The minimum absolute atomic E-state index is 0.0437. The molecule has 2 aromatic carbocycles. The van der Waals surface area contributed by atoms with Gasteiger partial charge in [0.15, 0.2) is 0 Å². The molecule has 0 bridgehead atoms. The number of nitrogens with zero attached hydrogens (tertiary/aromatic N) is 2. The van der Waals surface area contributed by atoms with Crippen LogP contribution in [0.1, 0.15) is 24.6 Å². The van der Waals surface area contributed by atoms with Gasteiger partial charge in [0, 0.05) is 28.7 Å². The first-order valence-electron chi connectivity index (χ1n) is 9.68. The van der Waals surface area contributed by atoms with Crippen molar-refractivity contribution in [3.05, 3.63) is 78.6 Å². The number of anilines is 1.